The van der Waals surface area contributed by atoms with Crippen LogP contribution >= 0.6 is 0 Å². The zero-order chi connectivity index (χ0) is 18.9. The van der Waals surface area contributed by atoms with Crippen LogP contribution in [0.4, 0.5) is 14.6 Å². The van der Waals surface area contributed by atoms with Gasteiger partial charge in [-0.2, -0.15) is 0 Å². The summed E-state index contributed by atoms with van der Waals surface area (Å²) in [6, 6.07) is 1.87. The van der Waals surface area contributed by atoms with Crippen molar-refractivity contribution in [2.75, 3.05) is 37.7 Å². The lowest BCUT2D eigenvalue weighted by Crippen LogP contribution is -2.69. The first kappa shape index (κ1) is 17.7. The van der Waals surface area contributed by atoms with Crippen LogP contribution in [0.3, 0.4) is 0 Å². The van der Waals surface area contributed by atoms with E-state index in [4.69, 9.17) is 10.1 Å². The van der Waals surface area contributed by atoms with Gasteiger partial charge in [-0.3, -0.25) is 5.41 Å². The van der Waals surface area contributed by atoms with Crippen molar-refractivity contribution in [2.45, 2.75) is 12.0 Å². The molecule has 0 amide bonds. The average Bonchev–Trinajstić information content (AvgIpc) is 3.14. The molecule has 142 valence electrons. The molecule has 0 saturated carbocycles. The number of nitrogens with zero attached hydrogens (tertiary/aromatic N) is 4. The molecule has 2 aliphatic heterocycles. The third-order valence-corrected chi connectivity index (χ3v) is 4.65. The predicted octanol–water partition coefficient (Wildman–Crippen LogP) is 1.34. The van der Waals surface area contributed by atoms with Gasteiger partial charge in [-0.25, -0.2) is 23.7 Å². The molecule has 1 spiro atoms. The Labute approximate surface area is 154 Å². The number of hydrogen-bond donors (Lipinski definition) is 3. The highest BCUT2D eigenvalue weighted by Gasteiger charge is 2.42. The monoisotopic (exact) mass is 375 g/mol. The second kappa shape index (κ2) is 7.12. The second-order valence-electron chi connectivity index (χ2n) is 6.59. The topological polar surface area (TPSA) is 103 Å². The molecule has 0 atom stereocenters. The van der Waals surface area contributed by atoms with Crippen molar-refractivity contribution in [3.8, 4) is 11.4 Å². The summed E-state index contributed by atoms with van der Waals surface area (Å²) in [4.78, 5) is 18.0. The first-order valence-corrected chi connectivity index (χ1v) is 8.56. The van der Waals surface area contributed by atoms with Gasteiger partial charge in [-0.1, -0.05) is 0 Å². The lowest BCUT2D eigenvalue weighted by atomic mass is 9.94. The number of anilines is 1. The summed E-state index contributed by atoms with van der Waals surface area (Å²) in [7, 11) is 0. The summed E-state index contributed by atoms with van der Waals surface area (Å²) < 4.78 is 30.6. The summed E-state index contributed by atoms with van der Waals surface area (Å²) in [5.74, 6) is 1.18. The zero-order valence-electron chi connectivity index (χ0n) is 14.5. The van der Waals surface area contributed by atoms with Gasteiger partial charge in [0.05, 0.1) is 36.4 Å². The van der Waals surface area contributed by atoms with Gasteiger partial charge in [-0.15, -0.1) is 0 Å². The van der Waals surface area contributed by atoms with Crippen LogP contribution in [0.5, 0.6) is 0 Å². The SMILES string of the molecule is N=C(/C=C\c1ncc(-c2cc(N3CCOC4(CNC4)C3)ncn2)[nH]1)C(F)F. The van der Waals surface area contributed by atoms with E-state index in [-0.39, 0.29) is 5.60 Å². The molecule has 4 rings (SSSR count). The molecule has 2 fully saturated rings. The van der Waals surface area contributed by atoms with Gasteiger partial charge < -0.3 is 19.9 Å². The van der Waals surface area contributed by atoms with Crippen molar-refractivity contribution < 1.29 is 13.5 Å². The number of hydrogen-bond acceptors (Lipinski definition) is 7. The number of alkyl halides is 2. The Balaban J connectivity index is 1.50. The molecule has 4 heterocycles. The van der Waals surface area contributed by atoms with E-state index in [1.54, 1.807) is 6.20 Å². The van der Waals surface area contributed by atoms with Gasteiger partial charge in [-0.05, 0) is 12.2 Å². The predicted molar refractivity (Wildman–Crippen MR) is 96.1 cm³/mol. The minimum absolute atomic E-state index is 0.134. The highest BCUT2D eigenvalue weighted by Crippen LogP contribution is 2.27. The number of aromatic nitrogens is 4. The molecule has 0 radical (unpaired) electrons. The first-order valence-electron chi connectivity index (χ1n) is 8.56. The standard InChI is InChI=1S/C17H19F2N7O/c18-16(19)11(20)1-2-14-22-6-13(25-14)12-5-15(24-10-23-12)26-3-4-27-17(9-26)7-21-8-17/h1-2,5-6,10,16,20-21H,3-4,7-9H2,(H,22,25)/b2-1-,20-11?. The second-order valence-corrected chi connectivity index (χ2v) is 6.59. The lowest BCUT2D eigenvalue weighted by molar-refractivity contribution is -0.0883. The van der Waals surface area contributed by atoms with Gasteiger partial charge in [0.1, 0.15) is 23.6 Å². The smallest absolute Gasteiger partial charge is 0.279 e. The zero-order valence-corrected chi connectivity index (χ0v) is 14.5. The molecule has 0 aromatic carbocycles. The Morgan fingerprint density at radius 1 is 1.33 bits per heavy atom. The summed E-state index contributed by atoms with van der Waals surface area (Å²) in [6.07, 6.45) is 2.64. The van der Waals surface area contributed by atoms with E-state index in [1.165, 1.54) is 12.4 Å². The first-order chi connectivity index (χ1) is 13.0. The summed E-state index contributed by atoms with van der Waals surface area (Å²) in [5, 5.41) is 10.4. The van der Waals surface area contributed by atoms with Crippen LogP contribution in [-0.2, 0) is 4.74 Å². The van der Waals surface area contributed by atoms with E-state index < -0.39 is 12.1 Å². The van der Waals surface area contributed by atoms with Crippen molar-refractivity contribution in [3.63, 3.8) is 0 Å². The van der Waals surface area contributed by atoms with Crippen LogP contribution in [-0.4, -0.2) is 70.5 Å². The van der Waals surface area contributed by atoms with E-state index in [0.29, 0.717) is 23.8 Å². The van der Waals surface area contributed by atoms with E-state index in [1.807, 2.05) is 6.07 Å². The van der Waals surface area contributed by atoms with Crippen LogP contribution in [0.1, 0.15) is 5.82 Å². The van der Waals surface area contributed by atoms with E-state index in [2.05, 4.69) is 30.2 Å². The number of H-pyrrole nitrogens is 1. The Morgan fingerprint density at radius 3 is 2.93 bits per heavy atom. The molecule has 0 bridgehead atoms. The molecule has 2 aromatic rings. The van der Waals surface area contributed by atoms with Gasteiger partial charge in [0.15, 0.2) is 0 Å². The number of aromatic amines is 1. The molecule has 0 aliphatic carbocycles. The van der Waals surface area contributed by atoms with Crippen molar-refractivity contribution in [2.24, 2.45) is 0 Å². The Kier molecular flexibility index (Phi) is 4.66. The highest BCUT2D eigenvalue weighted by atomic mass is 19.3. The molecule has 2 aliphatic rings. The maximum Gasteiger partial charge on any atom is 0.279 e. The van der Waals surface area contributed by atoms with Crippen molar-refractivity contribution in [3.05, 3.63) is 30.5 Å². The Bertz CT molecular complexity index is 862. The quantitative estimate of drug-likeness (QED) is 0.682. The molecule has 2 aromatic heterocycles. The summed E-state index contributed by atoms with van der Waals surface area (Å²) in [5.41, 5.74) is 0.410. The number of nitrogens with one attached hydrogen (secondary N) is 3. The fraction of sp³-hybridized carbons (Fsp3) is 0.412. The highest BCUT2D eigenvalue weighted by molar-refractivity contribution is 5.97. The van der Waals surface area contributed by atoms with E-state index in [9.17, 15) is 8.78 Å². The minimum atomic E-state index is -2.80. The van der Waals surface area contributed by atoms with Crippen LogP contribution in [0.2, 0.25) is 0 Å². The van der Waals surface area contributed by atoms with Crippen LogP contribution in [0, 0.1) is 5.41 Å². The molecule has 3 N–H and O–H groups in total. The molecule has 2 saturated heterocycles. The number of rotatable bonds is 5. The Hall–Kier alpha value is -2.72. The lowest BCUT2D eigenvalue weighted by Gasteiger charge is -2.49. The summed E-state index contributed by atoms with van der Waals surface area (Å²) in [6.45, 7) is 3.85. The van der Waals surface area contributed by atoms with Gasteiger partial charge >= 0.3 is 0 Å². The van der Waals surface area contributed by atoms with E-state index in [0.717, 1.165) is 38.1 Å². The fourth-order valence-corrected chi connectivity index (χ4v) is 3.12. The number of morpholine rings is 1. The molecular formula is C17H19F2N7O. The Morgan fingerprint density at radius 2 is 2.19 bits per heavy atom. The van der Waals surface area contributed by atoms with E-state index >= 15 is 0 Å². The largest absolute Gasteiger partial charge is 0.369 e. The normalized spacial score (nSPS) is 19.0. The van der Waals surface area contributed by atoms with Crippen molar-refractivity contribution in [1.29, 1.82) is 5.41 Å². The maximum atomic E-state index is 12.4. The van der Waals surface area contributed by atoms with Crippen LogP contribution in [0.15, 0.2) is 24.7 Å². The third-order valence-electron chi connectivity index (χ3n) is 4.65. The molecular weight excluding hydrogens is 356 g/mol. The average molecular weight is 375 g/mol. The molecule has 10 heteroatoms. The van der Waals surface area contributed by atoms with Crippen LogP contribution in [0.25, 0.3) is 17.5 Å². The maximum absolute atomic E-state index is 12.4. The van der Waals surface area contributed by atoms with Crippen molar-refractivity contribution >= 4 is 17.6 Å². The molecule has 8 nitrogen and oxygen atoms in total. The minimum Gasteiger partial charge on any atom is -0.369 e. The molecule has 27 heavy (non-hydrogen) atoms. The van der Waals surface area contributed by atoms with Gasteiger partial charge in [0.25, 0.3) is 6.43 Å². The summed E-state index contributed by atoms with van der Waals surface area (Å²) >= 11 is 0. The van der Waals surface area contributed by atoms with Gasteiger partial charge in [0.2, 0.25) is 0 Å². The number of imidazole rings is 1. The van der Waals surface area contributed by atoms with Gasteiger partial charge in [0, 0.05) is 25.7 Å². The van der Waals surface area contributed by atoms with Crippen LogP contribution < -0.4 is 10.2 Å². The number of halogens is 2. The third kappa shape index (κ3) is 3.71. The van der Waals surface area contributed by atoms with Crippen molar-refractivity contribution in [1.82, 2.24) is 25.3 Å². The number of ether oxygens (including phenoxy) is 1. The number of allylic oxidation sites excluding steroid dienone is 1. The molecule has 0 unspecified atom stereocenters. The fourth-order valence-electron chi connectivity index (χ4n) is 3.12.